The first-order chi connectivity index (χ1) is 15.0. The lowest BCUT2D eigenvalue weighted by molar-refractivity contribution is -0.142. The Morgan fingerprint density at radius 1 is 1.32 bits per heavy atom. The van der Waals surface area contributed by atoms with Crippen molar-refractivity contribution in [2.24, 2.45) is 0 Å². The summed E-state index contributed by atoms with van der Waals surface area (Å²) in [6.07, 6.45) is 3.44. The van der Waals surface area contributed by atoms with Crippen LogP contribution in [0.25, 0.3) is 0 Å². The number of carbonyl (C=O) groups is 3. The van der Waals surface area contributed by atoms with Gasteiger partial charge < -0.3 is 14.4 Å². The largest absolute Gasteiger partial charge is 0.462 e. The summed E-state index contributed by atoms with van der Waals surface area (Å²) < 4.78 is 9.92. The molecule has 3 rings (SSSR count). The quantitative estimate of drug-likeness (QED) is 0.499. The van der Waals surface area contributed by atoms with E-state index in [0.717, 1.165) is 10.4 Å². The fraction of sp³-hybridized carbons (Fsp3) is 0.381. The fourth-order valence-electron chi connectivity index (χ4n) is 3.24. The molecule has 0 aliphatic carbocycles. The molecular formula is C21H22N4O5S. The second kappa shape index (κ2) is 10.0. The number of pyridine rings is 1. The number of ether oxygens (including phenoxy) is 2. The highest BCUT2D eigenvalue weighted by Gasteiger charge is 2.31. The van der Waals surface area contributed by atoms with Crippen molar-refractivity contribution < 1.29 is 23.9 Å². The highest BCUT2D eigenvalue weighted by Crippen LogP contribution is 2.42. The molecule has 0 spiro atoms. The Bertz CT molecular complexity index is 1010. The van der Waals surface area contributed by atoms with E-state index < -0.39 is 12.1 Å². The highest BCUT2D eigenvalue weighted by molar-refractivity contribution is 7.16. The molecule has 0 N–H and O–H groups in total. The van der Waals surface area contributed by atoms with Crippen LogP contribution in [0.15, 0.2) is 24.5 Å². The molecule has 0 radical (unpaired) electrons. The monoisotopic (exact) mass is 442 g/mol. The van der Waals surface area contributed by atoms with E-state index >= 15 is 0 Å². The summed E-state index contributed by atoms with van der Waals surface area (Å²) in [4.78, 5) is 43.9. The van der Waals surface area contributed by atoms with E-state index in [2.05, 4.69) is 11.1 Å². The van der Waals surface area contributed by atoms with Crippen LogP contribution in [0.3, 0.4) is 0 Å². The van der Waals surface area contributed by atoms with Crippen LogP contribution in [0.5, 0.6) is 0 Å². The van der Waals surface area contributed by atoms with Gasteiger partial charge in [0, 0.05) is 31.0 Å². The topological polar surface area (TPSA) is 113 Å². The number of thiophene rings is 1. The van der Waals surface area contributed by atoms with E-state index in [1.807, 2.05) is 0 Å². The summed E-state index contributed by atoms with van der Waals surface area (Å²) in [6, 6.07) is 5.75. The number of esters is 1. The predicted molar refractivity (Wildman–Crippen MR) is 113 cm³/mol. The first-order valence-electron chi connectivity index (χ1n) is 9.78. The third-order valence-electron chi connectivity index (χ3n) is 4.68. The van der Waals surface area contributed by atoms with Crippen LogP contribution < -0.4 is 4.90 Å². The molecule has 2 amide bonds. The maximum absolute atomic E-state index is 12.7. The molecule has 1 aliphatic rings. The normalized spacial score (nSPS) is 12.5. The summed E-state index contributed by atoms with van der Waals surface area (Å²) >= 11 is 1.32. The van der Waals surface area contributed by atoms with Gasteiger partial charge in [0.15, 0.2) is 0 Å². The van der Waals surface area contributed by atoms with E-state index in [1.54, 1.807) is 31.5 Å². The second-order valence-electron chi connectivity index (χ2n) is 6.72. The minimum Gasteiger partial charge on any atom is -0.462 e. The third-order valence-corrected chi connectivity index (χ3v) is 5.88. The Labute approximate surface area is 183 Å². The first kappa shape index (κ1) is 22.2. The van der Waals surface area contributed by atoms with Crippen molar-refractivity contribution in [3.63, 3.8) is 0 Å². The number of amides is 2. The minimum atomic E-state index is -0.514. The maximum Gasteiger partial charge on any atom is 0.410 e. The first-order valence-corrected chi connectivity index (χ1v) is 10.6. The van der Waals surface area contributed by atoms with Gasteiger partial charge in [-0.25, -0.2) is 4.79 Å². The number of carbonyl (C=O) groups excluding carboxylic acids is 3. The number of nitrogens with zero attached hydrogens (tertiary/aromatic N) is 4. The van der Waals surface area contributed by atoms with Crippen molar-refractivity contribution in [2.45, 2.75) is 33.2 Å². The maximum atomic E-state index is 12.7. The molecular weight excluding hydrogens is 420 g/mol. The van der Waals surface area contributed by atoms with Gasteiger partial charge >= 0.3 is 12.1 Å². The lowest BCUT2D eigenvalue weighted by Gasteiger charge is -2.26. The molecule has 162 valence electrons. The van der Waals surface area contributed by atoms with Gasteiger partial charge in [0.2, 0.25) is 5.91 Å². The molecule has 0 aromatic carbocycles. The van der Waals surface area contributed by atoms with Crippen LogP contribution >= 0.6 is 11.3 Å². The lowest BCUT2D eigenvalue weighted by Crippen LogP contribution is -2.36. The van der Waals surface area contributed by atoms with E-state index in [0.29, 0.717) is 29.2 Å². The zero-order valence-corrected chi connectivity index (χ0v) is 18.1. The Morgan fingerprint density at radius 3 is 2.74 bits per heavy atom. The summed E-state index contributed by atoms with van der Waals surface area (Å²) in [5, 5.41) is 10.4. The Kier molecular flexibility index (Phi) is 7.20. The van der Waals surface area contributed by atoms with Gasteiger partial charge in [0.1, 0.15) is 24.3 Å². The molecule has 2 aromatic heterocycles. The number of anilines is 2. The van der Waals surface area contributed by atoms with Gasteiger partial charge in [-0.3, -0.25) is 19.5 Å². The third kappa shape index (κ3) is 5.00. The van der Waals surface area contributed by atoms with Gasteiger partial charge in [0.05, 0.1) is 24.0 Å². The van der Waals surface area contributed by atoms with Gasteiger partial charge in [-0.05, 0) is 24.1 Å². The molecule has 0 saturated heterocycles. The molecule has 2 aromatic rings. The zero-order chi connectivity index (χ0) is 22.4. The molecule has 0 fully saturated rings. The second-order valence-corrected chi connectivity index (χ2v) is 7.80. The van der Waals surface area contributed by atoms with Crippen molar-refractivity contribution in [3.8, 4) is 6.07 Å². The van der Waals surface area contributed by atoms with Crippen LogP contribution in [0.4, 0.5) is 15.5 Å². The van der Waals surface area contributed by atoms with Crippen LogP contribution in [-0.4, -0.2) is 47.6 Å². The van der Waals surface area contributed by atoms with Crippen LogP contribution in [-0.2, 0) is 32.0 Å². The zero-order valence-electron chi connectivity index (χ0n) is 17.3. The number of nitriles is 1. The standard InChI is InChI=1S/C21H22N4O5S/c1-3-19(27)25(15-5-4-7-23-12-15)20-17(11-22)16-6-8-24(13-18(16)31-20)21(28)30-10-9-29-14(2)26/h4-5,7,12H,3,6,8-10,13H2,1-2H3. The fourth-order valence-corrected chi connectivity index (χ4v) is 4.59. The molecule has 0 atom stereocenters. The molecule has 31 heavy (non-hydrogen) atoms. The summed E-state index contributed by atoms with van der Waals surface area (Å²) in [6.45, 7) is 3.69. The summed E-state index contributed by atoms with van der Waals surface area (Å²) in [7, 11) is 0. The minimum absolute atomic E-state index is 0.00109. The predicted octanol–water partition coefficient (Wildman–Crippen LogP) is 3.15. The molecule has 10 heteroatoms. The average Bonchev–Trinajstić information content (AvgIpc) is 3.14. The van der Waals surface area contributed by atoms with Crippen LogP contribution in [0.2, 0.25) is 0 Å². The van der Waals surface area contributed by atoms with Crippen LogP contribution in [0.1, 0.15) is 36.3 Å². The number of hydrogen-bond donors (Lipinski definition) is 0. The summed E-state index contributed by atoms with van der Waals surface area (Å²) in [5.74, 6) is -0.585. The van der Waals surface area contributed by atoms with Gasteiger partial charge in [-0.2, -0.15) is 5.26 Å². The number of aromatic nitrogens is 1. The molecule has 0 bridgehead atoms. The number of fused-ring (bicyclic) bond motifs is 1. The van der Waals surface area contributed by atoms with Gasteiger partial charge in [0.25, 0.3) is 0 Å². The van der Waals surface area contributed by atoms with Crippen molar-refractivity contribution in [2.75, 3.05) is 24.7 Å². The highest BCUT2D eigenvalue weighted by atomic mass is 32.1. The smallest absolute Gasteiger partial charge is 0.410 e. The van der Waals surface area contributed by atoms with Gasteiger partial charge in [-0.1, -0.05) is 6.92 Å². The number of hydrogen-bond acceptors (Lipinski definition) is 8. The average molecular weight is 442 g/mol. The van der Waals surface area contributed by atoms with E-state index in [-0.39, 0.29) is 32.1 Å². The van der Waals surface area contributed by atoms with E-state index in [9.17, 15) is 19.6 Å². The van der Waals surface area contributed by atoms with Crippen molar-refractivity contribution in [3.05, 3.63) is 40.5 Å². The molecule has 0 unspecified atom stereocenters. The number of rotatable bonds is 6. The Morgan fingerprint density at radius 2 is 2.10 bits per heavy atom. The molecule has 1 aliphatic heterocycles. The Balaban J connectivity index is 1.83. The molecule has 9 nitrogen and oxygen atoms in total. The van der Waals surface area contributed by atoms with E-state index in [4.69, 9.17) is 9.47 Å². The van der Waals surface area contributed by atoms with Gasteiger partial charge in [-0.15, -0.1) is 11.3 Å². The van der Waals surface area contributed by atoms with Crippen LogP contribution in [0, 0.1) is 11.3 Å². The van der Waals surface area contributed by atoms with Crippen molar-refractivity contribution >= 4 is 40.0 Å². The van der Waals surface area contributed by atoms with E-state index in [1.165, 1.54) is 28.1 Å². The Hall–Kier alpha value is -3.45. The molecule has 3 heterocycles. The van der Waals surface area contributed by atoms with Crippen molar-refractivity contribution in [1.29, 1.82) is 5.26 Å². The SMILES string of the molecule is CCC(=O)N(c1cccnc1)c1sc2c(c1C#N)CCN(C(=O)OCCOC(C)=O)C2. The van der Waals surface area contributed by atoms with Crippen molar-refractivity contribution in [1.82, 2.24) is 9.88 Å². The lowest BCUT2D eigenvalue weighted by atomic mass is 10.0. The summed E-state index contributed by atoms with van der Waals surface area (Å²) in [5.41, 5.74) is 1.89. The molecule has 0 saturated carbocycles.